The molecule has 1 amide bonds. The van der Waals surface area contributed by atoms with Crippen molar-refractivity contribution < 1.29 is 4.79 Å². The summed E-state index contributed by atoms with van der Waals surface area (Å²) in [4.78, 5) is 12.2. The first-order valence-electron chi connectivity index (χ1n) is 8.42. The molecule has 2 heterocycles. The Hall–Kier alpha value is -3.25. The summed E-state index contributed by atoms with van der Waals surface area (Å²) in [7, 11) is 0. The van der Waals surface area contributed by atoms with Crippen molar-refractivity contribution in [1.82, 2.24) is 19.8 Å². The van der Waals surface area contributed by atoms with Crippen LogP contribution in [0.4, 0.5) is 5.69 Å². The van der Waals surface area contributed by atoms with E-state index < -0.39 is 0 Å². The summed E-state index contributed by atoms with van der Waals surface area (Å²) in [5.74, 6) is 0.655. The Morgan fingerprint density at radius 3 is 2.48 bits per heavy atom. The summed E-state index contributed by atoms with van der Waals surface area (Å²) in [6.45, 7) is 1.86. The van der Waals surface area contributed by atoms with E-state index in [1.807, 2.05) is 55.5 Å². The Bertz CT molecular complexity index is 1100. The minimum atomic E-state index is -0.0790. The van der Waals surface area contributed by atoms with Gasteiger partial charge in [-0.2, -0.15) is 9.61 Å². The van der Waals surface area contributed by atoms with Gasteiger partial charge in [-0.25, -0.2) is 0 Å². The van der Waals surface area contributed by atoms with Crippen molar-refractivity contribution in [1.29, 1.82) is 0 Å². The molecule has 0 unspecified atom stereocenters. The zero-order chi connectivity index (χ0) is 18.8. The third-order valence-electron chi connectivity index (χ3n) is 4.16. The van der Waals surface area contributed by atoms with Gasteiger partial charge < -0.3 is 5.32 Å². The molecule has 0 aliphatic heterocycles. The highest BCUT2D eigenvalue weighted by molar-refractivity contribution is 6.30. The van der Waals surface area contributed by atoms with Gasteiger partial charge in [0.25, 0.3) is 0 Å². The molecule has 0 atom stereocenters. The lowest BCUT2D eigenvalue weighted by Gasteiger charge is -2.07. The number of aryl methyl sites for hydroxylation is 1. The van der Waals surface area contributed by atoms with Gasteiger partial charge in [0, 0.05) is 16.3 Å². The maximum absolute atomic E-state index is 12.2. The Morgan fingerprint density at radius 2 is 1.74 bits per heavy atom. The van der Waals surface area contributed by atoms with Crippen LogP contribution in [0.2, 0.25) is 5.02 Å². The Morgan fingerprint density at radius 1 is 1.00 bits per heavy atom. The number of fused-ring (bicyclic) bond motifs is 1. The largest absolute Gasteiger partial charge is 0.326 e. The number of rotatable bonds is 4. The number of nitrogens with one attached hydrogen (secondary N) is 1. The molecule has 0 aliphatic rings. The summed E-state index contributed by atoms with van der Waals surface area (Å²) >= 11 is 5.86. The van der Waals surface area contributed by atoms with E-state index in [4.69, 9.17) is 11.6 Å². The zero-order valence-corrected chi connectivity index (χ0v) is 15.3. The van der Waals surface area contributed by atoms with Crippen LogP contribution in [-0.4, -0.2) is 25.7 Å². The van der Waals surface area contributed by atoms with Gasteiger partial charge in [-0.3, -0.25) is 4.79 Å². The second-order valence-corrected chi connectivity index (χ2v) is 6.60. The molecule has 0 fully saturated rings. The lowest BCUT2D eigenvalue weighted by atomic mass is 10.1. The molecule has 4 aromatic rings. The van der Waals surface area contributed by atoms with E-state index in [2.05, 4.69) is 20.6 Å². The van der Waals surface area contributed by atoms with Crippen molar-refractivity contribution >= 4 is 28.8 Å². The van der Waals surface area contributed by atoms with Gasteiger partial charge in [0.2, 0.25) is 5.91 Å². The highest BCUT2D eigenvalue weighted by atomic mass is 35.5. The topological polar surface area (TPSA) is 72.2 Å². The summed E-state index contributed by atoms with van der Waals surface area (Å²) in [5, 5.41) is 16.2. The molecule has 2 aromatic carbocycles. The zero-order valence-electron chi connectivity index (χ0n) is 14.6. The third kappa shape index (κ3) is 3.80. The van der Waals surface area contributed by atoms with Gasteiger partial charge in [-0.1, -0.05) is 35.9 Å². The summed E-state index contributed by atoms with van der Waals surface area (Å²) < 4.78 is 1.71. The smallest absolute Gasteiger partial charge is 0.228 e. The van der Waals surface area contributed by atoms with Crippen molar-refractivity contribution in [2.75, 3.05) is 5.32 Å². The van der Waals surface area contributed by atoms with E-state index in [1.165, 1.54) is 0 Å². The van der Waals surface area contributed by atoms with Gasteiger partial charge in [-0.05, 0) is 48.9 Å². The monoisotopic (exact) mass is 377 g/mol. The van der Waals surface area contributed by atoms with Gasteiger partial charge in [0.05, 0.1) is 12.1 Å². The normalized spacial score (nSPS) is 10.9. The Labute approximate surface area is 160 Å². The first-order chi connectivity index (χ1) is 13.1. The van der Waals surface area contributed by atoms with Crippen LogP contribution in [0.25, 0.3) is 16.9 Å². The van der Waals surface area contributed by atoms with Crippen LogP contribution in [0.15, 0.2) is 60.7 Å². The molecule has 0 radical (unpaired) electrons. The highest BCUT2D eigenvalue weighted by Gasteiger charge is 2.07. The van der Waals surface area contributed by atoms with Crippen LogP contribution < -0.4 is 5.32 Å². The standard InChI is InChI=1S/C20H16ClN5O/c1-13-23-24-19-11-10-18(25-26(13)19)15-4-8-17(9-5-15)22-20(27)12-14-2-6-16(21)7-3-14/h2-11H,12H2,1H3,(H,22,27). The molecule has 0 saturated carbocycles. The average Bonchev–Trinajstić information content (AvgIpc) is 3.05. The number of amides is 1. The van der Waals surface area contributed by atoms with E-state index in [0.29, 0.717) is 17.1 Å². The number of benzene rings is 2. The lowest BCUT2D eigenvalue weighted by molar-refractivity contribution is -0.115. The van der Waals surface area contributed by atoms with Crippen LogP contribution in [0.3, 0.4) is 0 Å². The van der Waals surface area contributed by atoms with Crippen molar-refractivity contribution in [3.8, 4) is 11.3 Å². The summed E-state index contributed by atoms with van der Waals surface area (Å²) in [6.07, 6.45) is 0.296. The first kappa shape index (κ1) is 17.2. The first-order valence-corrected chi connectivity index (χ1v) is 8.80. The van der Waals surface area contributed by atoms with E-state index in [9.17, 15) is 4.79 Å². The molecule has 6 nitrogen and oxygen atoms in total. The fourth-order valence-electron chi connectivity index (χ4n) is 2.77. The minimum absolute atomic E-state index is 0.0790. The SMILES string of the molecule is Cc1nnc2ccc(-c3ccc(NC(=O)Cc4ccc(Cl)cc4)cc3)nn12. The number of hydrogen-bond donors (Lipinski definition) is 1. The van der Waals surface area contributed by atoms with Crippen molar-refractivity contribution in [3.05, 3.63) is 77.1 Å². The number of anilines is 1. The molecule has 4 rings (SSSR count). The molecular weight excluding hydrogens is 362 g/mol. The maximum atomic E-state index is 12.2. The van der Waals surface area contributed by atoms with Crippen molar-refractivity contribution in [2.24, 2.45) is 0 Å². The molecule has 0 spiro atoms. The third-order valence-corrected chi connectivity index (χ3v) is 4.41. The Balaban J connectivity index is 1.47. The molecule has 0 bridgehead atoms. The van der Waals surface area contributed by atoms with Crippen LogP contribution in [0.1, 0.15) is 11.4 Å². The predicted molar refractivity (Wildman–Crippen MR) is 105 cm³/mol. The predicted octanol–water partition coefficient (Wildman–Crippen LogP) is 3.93. The van der Waals surface area contributed by atoms with E-state index >= 15 is 0 Å². The number of carbonyl (C=O) groups excluding carboxylic acids is 1. The molecule has 134 valence electrons. The van der Waals surface area contributed by atoms with E-state index in [1.54, 1.807) is 16.6 Å². The van der Waals surface area contributed by atoms with Crippen LogP contribution in [0.5, 0.6) is 0 Å². The maximum Gasteiger partial charge on any atom is 0.228 e. The number of aromatic nitrogens is 4. The van der Waals surface area contributed by atoms with Crippen LogP contribution in [0, 0.1) is 6.92 Å². The highest BCUT2D eigenvalue weighted by Crippen LogP contribution is 2.20. The second kappa shape index (κ2) is 7.17. The number of hydrogen-bond acceptors (Lipinski definition) is 4. The quantitative estimate of drug-likeness (QED) is 0.584. The Kier molecular flexibility index (Phi) is 4.56. The fraction of sp³-hybridized carbons (Fsp3) is 0.100. The number of halogens is 1. The molecule has 2 aromatic heterocycles. The van der Waals surface area contributed by atoms with Crippen molar-refractivity contribution in [2.45, 2.75) is 13.3 Å². The van der Waals surface area contributed by atoms with Gasteiger partial charge in [-0.15, -0.1) is 10.2 Å². The fourth-order valence-corrected chi connectivity index (χ4v) is 2.89. The molecule has 27 heavy (non-hydrogen) atoms. The lowest BCUT2D eigenvalue weighted by Crippen LogP contribution is -2.14. The second-order valence-electron chi connectivity index (χ2n) is 6.16. The molecule has 0 saturated heterocycles. The average molecular weight is 378 g/mol. The summed E-state index contributed by atoms with van der Waals surface area (Å²) in [6, 6.07) is 18.6. The molecule has 1 N–H and O–H groups in total. The van der Waals surface area contributed by atoms with E-state index in [-0.39, 0.29) is 5.91 Å². The number of carbonyl (C=O) groups is 1. The molecular formula is C20H16ClN5O. The molecule has 0 aliphatic carbocycles. The number of nitrogens with zero attached hydrogens (tertiary/aromatic N) is 4. The van der Waals surface area contributed by atoms with Gasteiger partial charge >= 0.3 is 0 Å². The minimum Gasteiger partial charge on any atom is -0.326 e. The van der Waals surface area contributed by atoms with Crippen LogP contribution in [-0.2, 0) is 11.2 Å². The van der Waals surface area contributed by atoms with Gasteiger partial charge in [0.15, 0.2) is 11.5 Å². The van der Waals surface area contributed by atoms with E-state index in [0.717, 1.165) is 28.3 Å². The van der Waals surface area contributed by atoms with Crippen molar-refractivity contribution in [3.63, 3.8) is 0 Å². The van der Waals surface area contributed by atoms with Gasteiger partial charge in [0.1, 0.15) is 0 Å². The summed E-state index contributed by atoms with van der Waals surface area (Å²) in [5.41, 5.74) is 4.11. The molecule has 7 heteroatoms. The van der Waals surface area contributed by atoms with Crippen LogP contribution >= 0.6 is 11.6 Å².